The van der Waals surface area contributed by atoms with Crippen LogP contribution in [-0.4, -0.2) is 56.0 Å². The largest absolute Gasteiger partial charge is 0.416 e. The fourth-order valence-corrected chi connectivity index (χ4v) is 3.21. The molecule has 28 heavy (non-hydrogen) atoms. The van der Waals surface area contributed by atoms with Gasteiger partial charge >= 0.3 is 12.2 Å². The Bertz CT molecular complexity index is 836. The molecule has 0 spiro atoms. The summed E-state index contributed by atoms with van der Waals surface area (Å²) in [5.41, 5.74) is -0.243. The van der Waals surface area contributed by atoms with Crippen molar-refractivity contribution in [3.8, 4) is 5.69 Å². The van der Waals surface area contributed by atoms with Crippen molar-refractivity contribution in [1.29, 1.82) is 0 Å². The summed E-state index contributed by atoms with van der Waals surface area (Å²) in [6.07, 6.45) is -2.67. The lowest BCUT2D eigenvalue weighted by Crippen LogP contribution is -2.35. The predicted octanol–water partition coefficient (Wildman–Crippen LogP) is 3.48. The van der Waals surface area contributed by atoms with Crippen molar-refractivity contribution in [2.75, 3.05) is 40.5 Å². The summed E-state index contributed by atoms with van der Waals surface area (Å²) < 4.78 is 50.0. The molecule has 0 bridgehead atoms. The number of hydrogen-bond acceptors (Lipinski definition) is 4. The SMILES string of the molecule is COCCN(CCOC)C(=O)/N=c1\sc(C)cn1-c1ccc(C(F)(F)F)cc1. The van der Waals surface area contributed by atoms with Gasteiger partial charge in [-0.05, 0) is 31.2 Å². The van der Waals surface area contributed by atoms with Gasteiger partial charge in [-0.15, -0.1) is 11.3 Å². The number of rotatable bonds is 7. The van der Waals surface area contributed by atoms with Gasteiger partial charge in [-0.2, -0.15) is 18.2 Å². The van der Waals surface area contributed by atoms with Gasteiger partial charge < -0.3 is 14.4 Å². The molecule has 0 fully saturated rings. The number of ether oxygens (including phenoxy) is 2. The van der Waals surface area contributed by atoms with E-state index >= 15 is 0 Å². The lowest BCUT2D eigenvalue weighted by molar-refractivity contribution is -0.137. The number of hydrogen-bond donors (Lipinski definition) is 0. The molecular formula is C18H22F3N3O3S. The van der Waals surface area contributed by atoms with Crippen molar-refractivity contribution in [2.45, 2.75) is 13.1 Å². The third-order valence-electron chi connectivity index (χ3n) is 3.83. The molecule has 154 valence electrons. The van der Waals surface area contributed by atoms with E-state index in [1.165, 1.54) is 42.6 Å². The minimum atomic E-state index is -4.40. The first-order chi connectivity index (χ1) is 13.3. The number of carbonyl (C=O) groups excluding carboxylic acids is 1. The number of urea groups is 1. The molecule has 2 rings (SSSR count). The number of halogens is 3. The van der Waals surface area contributed by atoms with Crippen LogP contribution in [0.25, 0.3) is 5.69 Å². The van der Waals surface area contributed by atoms with E-state index in [0.717, 1.165) is 17.0 Å². The van der Waals surface area contributed by atoms with Crippen LogP contribution in [-0.2, 0) is 15.7 Å². The van der Waals surface area contributed by atoms with E-state index in [1.807, 2.05) is 6.92 Å². The minimum Gasteiger partial charge on any atom is -0.383 e. The van der Waals surface area contributed by atoms with E-state index in [2.05, 4.69) is 4.99 Å². The molecular weight excluding hydrogens is 395 g/mol. The zero-order valence-corrected chi connectivity index (χ0v) is 16.6. The molecule has 6 nitrogen and oxygen atoms in total. The van der Waals surface area contributed by atoms with Crippen LogP contribution in [0.5, 0.6) is 0 Å². The molecule has 0 aliphatic heterocycles. The van der Waals surface area contributed by atoms with E-state index in [0.29, 0.717) is 36.8 Å². The van der Waals surface area contributed by atoms with Gasteiger partial charge in [0, 0.05) is 44.1 Å². The molecule has 0 unspecified atom stereocenters. The summed E-state index contributed by atoms with van der Waals surface area (Å²) in [6, 6.07) is 4.25. The second-order valence-corrected chi connectivity index (χ2v) is 7.12. The highest BCUT2D eigenvalue weighted by molar-refractivity contribution is 7.09. The summed E-state index contributed by atoms with van der Waals surface area (Å²) in [4.78, 5) is 19.5. The van der Waals surface area contributed by atoms with Gasteiger partial charge in [0.05, 0.1) is 18.8 Å². The maximum Gasteiger partial charge on any atom is 0.416 e. The molecule has 0 N–H and O–H groups in total. The van der Waals surface area contributed by atoms with Gasteiger partial charge in [-0.3, -0.25) is 4.57 Å². The highest BCUT2D eigenvalue weighted by atomic mass is 32.1. The van der Waals surface area contributed by atoms with Gasteiger partial charge in [0.15, 0.2) is 4.80 Å². The molecule has 1 aromatic heterocycles. The Kier molecular flexibility index (Phi) is 7.78. The fraction of sp³-hybridized carbons (Fsp3) is 0.444. The Labute approximate surface area is 164 Å². The van der Waals surface area contributed by atoms with Crippen LogP contribution in [0.2, 0.25) is 0 Å². The zero-order valence-electron chi connectivity index (χ0n) is 15.8. The van der Waals surface area contributed by atoms with Crippen LogP contribution in [0.15, 0.2) is 35.5 Å². The van der Waals surface area contributed by atoms with Gasteiger partial charge in [0.25, 0.3) is 0 Å². The standard InChI is InChI=1S/C18H22F3N3O3S/c1-13-12-24(15-6-4-14(5-7-15)18(19,20)21)17(28-13)22-16(25)23(8-10-26-2)9-11-27-3/h4-7,12H,8-11H2,1-3H3/b22-17-. The summed E-state index contributed by atoms with van der Waals surface area (Å²) in [5.74, 6) is 0. The van der Waals surface area contributed by atoms with Crippen LogP contribution in [0.3, 0.4) is 0 Å². The van der Waals surface area contributed by atoms with Crippen LogP contribution in [0.1, 0.15) is 10.4 Å². The first-order valence-corrected chi connectivity index (χ1v) is 9.26. The lowest BCUT2D eigenvalue weighted by Gasteiger charge is -2.19. The van der Waals surface area contributed by atoms with Gasteiger partial charge in [0.2, 0.25) is 0 Å². The number of thiazole rings is 1. The van der Waals surface area contributed by atoms with E-state index in [4.69, 9.17) is 9.47 Å². The monoisotopic (exact) mass is 417 g/mol. The normalized spacial score (nSPS) is 12.4. The van der Waals surface area contributed by atoms with Crippen LogP contribution >= 0.6 is 11.3 Å². The third-order valence-corrected chi connectivity index (χ3v) is 4.73. The molecule has 0 radical (unpaired) electrons. The molecule has 0 aliphatic rings. The van der Waals surface area contributed by atoms with Crippen LogP contribution in [0.4, 0.5) is 18.0 Å². The van der Waals surface area contributed by atoms with E-state index in [-0.39, 0.29) is 0 Å². The molecule has 0 saturated carbocycles. The minimum absolute atomic E-state index is 0.354. The van der Waals surface area contributed by atoms with Crippen molar-refractivity contribution in [3.05, 3.63) is 45.7 Å². The lowest BCUT2D eigenvalue weighted by atomic mass is 10.2. The molecule has 0 aliphatic carbocycles. The van der Waals surface area contributed by atoms with Crippen molar-refractivity contribution in [3.63, 3.8) is 0 Å². The topological polar surface area (TPSA) is 56.1 Å². The summed E-state index contributed by atoms with van der Waals surface area (Å²) in [6.45, 7) is 3.25. The Balaban J connectivity index is 2.34. The smallest absolute Gasteiger partial charge is 0.383 e. The zero-order chi connectivity index (χ0) is 20.7. The number of carbonyl (C=O) groups is 1. The second-order valence-electron chi connectivity index (χ2n) is 5.91. The molecule has 1 aromatic carbocycles. The van der Waals surface area contributed by atoms with Gasteiger partial charge in [-0.25, -0.2) is 4.79 Å². The van der Waals surface area contributed by atoms with Crippen molar-refractivity contribution in [1.82, 2.24) is 9.47 Å². The highest BCUT2D eigenvalue weighted by Crippen LogP contribution is 2.29. The molecule has 2 aromatic rings. The summed E-state index contributed by atoms with van der Waals surface area (Å²) in [7, 11) is 3.08. The highest BCUT2D eigenvalue weighted by Gasteiger charge is 2.30. The first-order valence-electron chi connectivity index (χ1n) is 8.44. The molecule has 0 saturated heterocycles. The average molecular weight is 417 g/mol. The molecule has 2 amide bonds. The second kappa shape index (κ2) is 9.85. The number of alkyl halides is 3. The van der Waals surface area contributed by atoms with Gasteiger partial charge in [-0.1, -0.05) is 0 Å². The number of benzene rings is 1. The van der Waals surface area contributed by atoms with Crippen LogP contribution < -0.4 is 4.80 Å². The molecule has 1 heterocycles. The average Bonchev–Trinajstić information content (AvgIpc) is 3.01. The Morgan fingerprint density at radius 1 is 1.14 bits per heavy atom. The number of methoxy groups -OCH3 is 2. The maximum absolute atomic E-state index is 12.8. The Morgan fingerprint density at radius 3 is 2.21 bits per heavy atom. The summed E-state index contributed by atoms with van der Waals surface area (Å²) >= 11 is 1.28. The third kappa shape index (κ3) is 5.91. The Morgan fingerprint density at radius 2 is 1.71 bits per heavy atom. The van der Waals surface area contributed by atoms with Crippen molar-refractivity contribution < 1.29 is 27.4 Å². The molecule has 10 heteroatoms. The van der Waals surface area contributed by atoms with Gasteiger partial charge in [0.1, 0.15) is 0 Å². The summed E-state index contributed by atoms with van der Waals surface area (Å²) in [5, 5.41) is 0. The van der Waals surface area contributed by atoms with E-state index in [1.54, 1.807) is 10.8 Å². The fourth-order valence-electron chi connectivity index (χ4n) is 2.39. The van der Waals surface area contributed by atoms with Crippen molar-refractivity contribution in [2.24, 2.45) is 4.99 Å². The van der Waals surface area contributed by atoms with Crippen molar-refractivity contribution >= 4 is 17.4 Å². The van der Waals surface area contributed by atoms with E-state index in [9.17, 15) is 18.0 Å². The maximum atomic E-state index is 12.8. The van der Waals surface area contributed by atoms with Crippen LogP contribution in [0, 0.1) is 6.92 Å². The first kappa shape index (κ1) is 22.1. The number of aromatic nitrogens is 1. The molecule has 0 atom stereocenters. The number of amides is 2. The quantitative estimate of drug-likeness (QED) is 0.693. The predicted molar refractivity (Wildman–Crippen MR) is 99.7 cm³/mol. The number of nitrogens with zero attached hydrogens (tertiary/aromatic N) is 3. The van der Waals surface area contributed by atoms with E-state index < -0.39 is 17.8 Å². The number of aryl methyl sites for hydroxylation is 1. The Hall–Kier alpha value is -2.17.